The molecule has 0 saturated heterocycles. The molecule has 0 heterocycles. The fraction of sp³-hybridized carbons (Fsp3) is 0.417. The maximum atomic E-state index is 11.2. The molecule has 0 fully saturated rings. The van der Waals surface area contributed by atoms with E-state index in [4.69, 9.17) is 0 Å². The molecule has 1 nitrogen and oxygen atoms in total. The van der Waals surface area contributed by atoms with Crippen LogP contribution in [0, 0.1) is 0 Å². The molecular formula is C12H16OS. The summed E-state index contributed by atoms with van der Waals surface area (Å²) in [5.74, 6) is 1.03. The summed E-state index contributed by atoms with van der Waals surface area (Å²) >= 11 is 1.61. The molecule has 0 saturated carbocycles. The number of carbonyl (C=O) groups is 1. The van der Waals surface area contributed by atoms with Crippen molar-refractivity contribution in [2.45, 2.75) is 19.3 Å². The average Bonchev–Trinajstić information content (AvgIpc) is 2.20. The van der Waals surface area contributed by atoms with E-state index >= 15 is 0 Å². The smallest absolute Gasteiger partial charge is 0.142 e. The van der Waals surface area contributed by atoms with Crippen molar-refractivity contribution in [1.29, 1.82) is 0 Å². The Labute approximate surface area is 89.9 Å². The van der Waals surface area contributed by atoms with Gasteiger partial charge in [-0.25, -0.2) is 0 Å². The third-order valence-corrected chi connectivity index (χ3v) is 2.68. The summed E-state index contributed by atoms with van der Waals surface area (Å²) < 4.78 is 0. The van der Waals surface area contributed by atoms with Gasteiger partial charge >= 0.3 is 0 Å². The number of ketones is 1. The highest BCUT2D eigenvalue weighted by molar-refractivity contribution is 7.99. The highest BCUT2D eigenvalue weighted by Gasteiger charge is 2.00. The Hall–Kier alpha value is -0.760. The van der Waals surface area contributed by atoms with E-state index in [1.54, 1.807) is 11.8 Å². The largest absolute Gasteiger partial charge is 0.299 e. The Bertz CT molecular complexity index is 269. The summed E-state index contributed by atoms with van der Waals surface area (Å²) in [6.07, 6.45) is 4.68. The molecule has 76 valence electrons. The molecule has 1 aromatic rings. The first-order valence-corrected chi connectivity index (χ1v) is 6.27. The van der Waals surface area contributed by atoms with E-state index in [1.165, 1.54) is 5.56 Å². The average molecular weight is 208 g/mol. The zero-order valence-corrected chi connectivity index (χ0v) is 9.35. The second-order valence-electron chi connectivity index (χ2n) is 3.31. The number of hydrogen-bond acceptors (Lipinski definition) is 2. The maximum absolute atomic E-state index is 11.2. The summed E-state index contributed by atoms with van der Waals surface area (Å²) in [4.78, 5) is 11.2. The Balaban J connectivity index is 2.19. The van der Waals surface area contributed by atoms with Gasteiger partial charge in [-0.15, -0.1) is 0 Å². The van der Waals surface area contributed by atoms with Crippen LogP contribution in [0.4, 0.5) is 0 Å². The summed E-state index contributed by atoms with van der Waals surface area (Å²) in [5, 5.41) is 0. The van der Waals surface area contributed by atoms with E-state index in [9.17, 15) is 4.79 Å². The van der Waals surface area contributed by atoms with Gasteiger partial charge < -0.3 is 0 Å². The molecule has 0 spiro atoms. The minimum atomic E-state index is 0.369. The van der Waals surface area contributed by atoms with E-state index in [0.29, 0.717) is 11.5 Å². The lowest BCUT2D eigenvalue weighted by atomic mass is 10.1. The Morgan fingerprint density at radius 3 is 2.64 bits per heavy atom. The lowest BCUT2D eigenvalue weighted by Gasteiger charge is -2.00. The van der Waals surface area contributed by atoms with Crippen LogP contribution in [0.3, 0.4) is 0 Å². The molecule has 1 rings (SSSR count). The molecular weight excluding hydrogens is 192 g/mol. The third-order valence-electron chi connectivity index (χ3n) is 2.07. The SMILES string of the molecule is CSCC(=O)CCCc1ccccc1. The fourth-order valence-corrected chi connectivity index (χ4v) is 1.83. The van der Waals surface area contributed by atoms with Gasteiger partial charge in [0.2, 0.25) is 0 Å². The molecule has 0 aliphatic carbocycles. The van der Waals surface area contributed by atoms with E-state index in [0.717, 1.165) is 19.3 Å². The van der Waals surface area contributed by atoms with Crippen LogP contribution in [0.15, 0.2) is 30.3 Å². The predicted molar refractivity (Wildman–Crippen MR) is 62.8 cm³/mol. The first-order valence-electron chi connectivity index (χ1n) is 4.87. The molecule has 0 N–H and O–H groups in total. The van der Waals surface area contributed by atoms with Gasteiger partial charge in [-0.05, 0) is 24.7 Å². The first kappa shape index (κ1) is 11.3. The van der Waals surface area contributed by atoms with Gasteiger partial charge in [0.05, 0.1) is 5.75 Å². The van der Waals surface area contributed by atoms with Gasteiger partial charge in [0, 0.05) is 6.42 Å². The molecule has 0 aromatic heterocycles. The molecule has 0 amide bonds. The van der Waals surface area contributed by atoms with E-state index in [-0.39, 0.29) is 0 Å². The Morgan fingerprint density at radius 1 is 1.29 bits per heavy atom. The molecule has 2 heteroatoms. The summed E-state index contributed by atoms with van der Waals surface area (Å²) in [6, 6.07) is 10.3. The van der Waals surface area contributed by atoms with Gasteiger partial charge in [0.1, 0.15) is 5.78 Å². The molecule has 1 aromatic carbocycles. The van der Waals surface area contributed by atoms with Crippen LogP contribution in [0.1, 0.15) is 18.4 Å². The van der Waals surface area contributed by atoms with Crippen LogP contribution in [-0.2, 0) is 11.2 Å². The second kappa shape index (κ2) is 6.66. The molecule has 0 unspecified atom stereocenters. The van der Waals surface area contributed by atoms with Gasteiger partial charge in [-0.3, -0.25) is 4.79 Å². The van der Waals surface area contributed by atoms with Crippen molar-refractivity contribution in [3.05, 3.63) is 35.9 Å². The van der Waals surface area contributed by atoms with Gasteiger partial charge in [-0.2, -0.15) is 11.8 Å². The van der Waals surface area contributed by atoms with Gasteiger partial charge in [0.15, 0.2) is 0 Å². The maximum Gasteiger partial charge on any atom is 0.142 e. The molecule has 0 aliphatic rings. The number of benzene rings is 1. The molecule has 0 bridgehead atoms. The minimum Gasteiger partial charge on any atom is -0.299 e. The lowest BCUT2D eigenvalue weighted by Crippen LogP contribution is -2.01. The van der Waals surface area contributed by atoms with Crippen molar-refractivity contribution in [3.63, 3.8) is 0 Å². The second-order valence-corrected chi connectivity index (χ2v) is 4.18. The van der Waals surface area contributed by atoms with Crippen LogP contribution in [-0.4, -0.2) is 17.8 Å². The van der Waals surface area contributed by atoms with Crippen LogP contribution in [0.25, 0.3) is 0 Å². The van der Waals surface area contributed by atoms with Crippen LogP contribution in [0.5, 0.6) is 0 Å². The normalized spacial score (nSPS) is 10.1. The van der Waals surface area contributed by atoms with Crippen LogP contribution >= 0.6 is 11.8 Å². The summed E-state index contributed by atoms with van der Waals surface area (Å²) in [6.45, 7) is 0. The van der Waals surface area contributed by atoms with Gasteiger partial charge in [-0.1, -0.05) is 30.3 Å². The minimum absolute atomic E-state index is 0.369. The zero-order valence-electron chi connectivity index (χ0n) is 8.53. The number of thioether (sulfide) groups is 1. The van der Waals surface area contributed by atoms with Crippen LogP contribution in [0.2, 0.25) is 0 Å². The van der Waals surface area contributed by atoms with Crippen molar-refractivity contribution in [1.82, 2.24) is 0 Å². The number of Topliss-reactive ketones (excluding diaryl/α,β-unsaturated/α-hetero) is 1. The fourth-order valence-electron chi connectivity index (χ4n) is 1.37. The zero-order chi connectivity index (χ0) is 10.2. The summed E-state index contributed by atoms with van der Waals surface area (Å²) in [7, 11) is 0. The third kappa shape index (κ3) is 4.47. The van der Waals surface area contributed by atoms with Crippen molar-refractivity contribution >= 4 is 17.5 Å². The van der Waals surface area contributed by atoms with Gasteiger partial charge in [0.25, 0.3) is 0 Å². The highest BCUT2D eigenvalue weighted by atomic mass is 32.2. The monoisotopic (exact) mass is 208 g/mol. The Kier molecular flexibility index (Phi) is 5.38. The highest BCUT2D eigenvalue weighted by Crippen LogP contribution is 2.06. The number of aryl methyl sites for hydroxylation is 1. The van der Waals surface area contributed by atoms with E-state index < -0.39 is 0 Å². The summed E-state index contributed by atoms with van der Waals surface area (Å²) in [5.41, 5.74) is 1.32. The van der Waals surface area contributed by atoms with Crippen molar-refractivity contribution in [2.75, 3.05) is 12.0 Å². The molecule has 0 aliphatic heterocycles. The van der Waals surface area contributed by atoms with E-state index in [1.807, 2.05) is 24.5 Å². The number of carbonyl (C=O) groups excluding carboxylic acids is 1. The molecule has 0 atom stereocenters. The molecule has 0 radical (unpaired) electrons. The van der Waals surface area contributed by atoms with E-state index in [2.05, 4.69) is 12.1 Å². The topological polar surface area (TPSA) is 17.1 Å². The van der Waals surface area contributed by atoms with Crippen molar-refractivity contribution < 1.29 is 4.79 Å². The Morgan fingerprint density at radius 2 is 2.00 bits per heavy atom. The number of hydrogen-bond donors (Lipinski definition) is 0. The quantitative estimate of drug-likeness (QED) is 0.715. The predicted octanol–water partition coefficient (Wildman–Crippen LogP) is 2.94. The molecule has 14 heavy (non-hydrogen) atoms. The van der Waals surface area contributed by atoms with Crippen LogP contribution < -0.4 is 0 Å². The van der Waals surface area contributed by atoms with Crippen molar-refractivity contribution in [3.8, 4) is 0 Å². The first-order chi connectivity index (χ1) is 6.83. The standard InChI is InChI=1S/C12H16OS/c1-14-10-12(13)9-5-8-11-6-3-2-4-7-11/h2-4,6-7H,5,8-10H2,1H3. The number of rotatable bonds is 6. The lowest BCUT2D eigenvalue weighted by molar-refractivity contribution is -0.116. The van der Waals surface area contributed by atoms with Crippen molar-refractivity contribution in [2.24, 2.45) is 0 Å².